The lowest BCUT2D eigenvalue weighted by Crippen LogP contribution is -2.59. The number of esters is 2. The van der Waals surface area contributed by atoms with E-state index in [0.717, 1.165) is 57.8 Å². The second-order valence-corrected chi connectivity index (χ2v) is 13.8. The number of aliphatic hydroxyl groups excluding tert-OH is 4. The van der Waals surface area contributed by atoms with Crippen LogP contribution in [0.5, 0.6) is 0 Å². The minimum absolute atomic E-state index is 0.208. The molecule has 1 rings (SSSR count). The van der Waals surface area contributed by atoms with E-state index in [0.29, 0.717) is 6.42 Å². The zero-order valence-corrected chi connectivity index (χ0v) is 31.8. The lowest BCUT2D eigenvalue weighted by atomic mass is 9.99. The summed E-state index contributed by atoms with van der Waals surface area (Å²) in [6, 6.07) is 0. The number of carbonyl (C=O) groups is 2. The topological polar surface area (TPSA) is 152 Å². The molecule has 10 heteroatoms. The highest BCUT2D eigenvalue weighted by molar-refractivity contribution is 5.70. The van der Waals surface area contributed by atoms with Crippen LogP contribution in [0.1, 0.15) is 155 Å². The van der Waals surface area contributed by atoms with Gasteiger partial charge >= 0.3 is 11.9 Å². The van der Waals surface area contributed by atoms with E-state index in [1.165, 1.54) is 64.2 Å². The highest BCUT2D eigenvalue weighted by Crippen LogP contribution is 2.22. The summed E-state index contributed by atoms with van der Waals surface area (Å²) in [5.74, 6) is -0.831. The highest BCUT2D eigenvalue weighted by Gasteiger charge is 2.44. The molecule has 0 aliphatic carbocycles. The monoisotopic (exact) mass is 725 g/mol. The molecule has 1 fully saturated rings. The van der Waals surface area contributed by atoms with Gasteiger partial charge in [-0.2, -0.15) is 0 Å². The third-order valence-corrected chi connectivity index (χ3v) is 9.10. The first-order valence-corrected chi connectivity index (χ1v) is 20.1. The number of ether oxygens (including phenoxy) is 4. The van der Waals surface area contributed by atoms with E-state index in [-0.39, 0.29) is 32.0 Å². The van der Waals surface area contributed by atoms with Crippen LogP contribution in [0.3, 0.4) is 0 Å². The number of rotatable bonds is 32. The Bertz CT molecular complexity index is 933. The molecule has 4 N–H and O–H groups in total. The van der Waals surface area contributed by atoms with Crippen LogP contribution < -0.4 is 0 Å². The molecule has 0 saturated carbocycles. The molecule has 1 heterocycles. The molecule has 0 aromatic carbocycles. The minimum atomic E-state index is -1.60. The predicted octanol–water partition coefficient (Wildman–Crippen LogP) is 7.55. The van der Waals surface area contributed by atoms with Gasteiger partial charge in [0, 0.05) is 12.8 Å². The lowest BCUT2D eigenvalue weighted by molar-refractivity contribution is -0.305. The largest absolute Gasteiger partial charge is 0.462 e. The highest BCUT2D eigenvalue weighted by atomic mass is 16.7. The van der Waals surface area contributed by atoms with E-state index in [9.17, 15) is 30.0 Å². The van der Waals surface area contributed by atoms with Crippen LogP contribution >= 0.6 is 0 Å². The summed E-state index contributed by atoms with van der Waals surface area (Å²) in [7, 11) is 0. The first-order chi connectivity index (χ1) is 24.8. The van der Waals surface area contributed by atoms with Gasteiger partial charge in [0.1, 0.15) is 31.0 Å². The molecule has 51 heavy (non-hydrogen) atoms. The molecular weight excluding hydrogens is 652 g/mol. The molecule has 0 bridgehead atoms. The van der Waals surface area contributed by atoms with Crippen molar-refractivity contribution in [3.05, 3.63) is 36.5 Å². The van der Waals surface area contributed by atoms with Gasteiger partial charge in [-0.3, -0.25) is 9.59 Å². The smallest absolute Gasteiger partial charge is 0.306 e. The summed E-state index contributed by atoms with van der Waals surface area (Å²) in [6.45, 7) is 3.25. The Morgan fingerprint density at radius 1 is 0.627 bits per heavy atom. The molecule has 10 nitrogen and oxygen atoms in total. The Morgan fingerprint density at radius 2 is 1.16 bits per heavy atom. The van der Waals surface area contributed by atoms with Crippen LogP contribution in [0.4, 0.5) is 0 Å². The van der Waals surface area contributed by atoms with Crippen molar-refractivity contribution < 1.29 is 49.0 Å². The van der Waals surface area contributed by atoms with Gasteiger partial charge in [-0.15, -0.1) is 0 Å². The van der Waals surface area contributed by atoms with Crippen LogP contribution in [0.15, 0.2) is 36.5 Å². The van der Waals surface area contributed by atoms with Crippen molar-refractivity contribution >= 4 is 11.9 Å². The van der Waals surface area contributed by atoms with E-state index in [4.69, 9.17) is 18.9 Å². The van der Waals surface area contributed by atoms with E-state index in [1.807, 2.05) is 18.2 Å². The summed E-state index contributed by atoms with van der Waals surface area (Å²) in [5.41, 5.74) is 0. The fraction of sp³-hybridized carbons (Fsp3) is 0.805. The lowest BCUT2D eigenvalue weighted by Gasteiger charge is -2.39. The summed E-state index contributed by atoms with van der Waals surface area (Å²) in [4.78, 5) is 25.2. The van der Waals surface area contributed by atoms with Crippen LogP contribution in [0.2, 0.25) is 0 Å². The van der Waals surface area contributed by atoms with Crippen molar-refractivity contribution in [2.24, 2.45) is 0 Å². The fourth-order valence-corrected chi connectivity index (χ4v) is 5.89. The van der Waals surface area contributed by atoms with E-state index < -0.39 is 49.4 Å². The first-order valence-electron chi connectivity index (χ1n) is 20.1. The predicted molar refractivity (Wildman–Crippen MR) is 201 cm³/mol. The van der Waals surface area contributed by atoms with Crippen molar-refractivity contribution in [2.75, 3.05) is 19.8 Å². The van der Waals surface area contributed by atoms with E-state index in [2.05, 4.69) is 32.1 Å². The van der Waals surface area contributed by atoms with Crippen LogP contribution in [-0.4, -0.2) is 89.0 Å². The molecule has 0 radical (unpaired) electrons. The van der Waals surface area contributed by atoms with Crippen molar-refractivity contribution in [2.45, 2.75) is 192 Å². The Kier molecular flexibility index (Phi) is 30.0. The minimum Gasteiger partial charge on any atom is -0.462 e. The second-order valence-electron chi connectivity index (χ2n) is 13.8. The number of unbranched alkanes of at least 4 members (excludes halogenated alkanes) is 17. The molecule has 0 aromatic rings. The summed E-state index contributed by atoms with van der Waals surface area (Å²) in [5, 5.41) is 39.9. The maximum Gasteiger partial charge on any atom is 0.306 e. The molecule has 3 unspecified atom stereocenters. The average Bonchev–Trinajstić information content (AvgIpc) is 3.13. The number of aliphatic hydroxyl groups is 4. The third-order valence-electron chi connectivity index (χ3n) is 9.10. The maximum absolute atomic E-state index is 12.7. The molecule has 6 atom stereocenters. The molecule has 1 aliphatic heterocycles. The zero-order chi connectivity index (χ0) is 37.4. The van der Waals surface area contributed by atoms with E-state index >= 15 is 0 Å². The molecule has 0 spiro atoms. The van der Waals surface area contributed by atoms with Gasteiger partial charge in [0.05, 0.1) is 13.2 Å². The first kappa shape index (κ1) is 46.9. The molecule has 296 valence electrons. The van der Waals surface area contributed by atoms with Crippen LogP contribution in [0.25, 0.3) is 0 Å². The van der Waals surface area contributed by atoms with Crippen molar-refractivity contribution in [3.8, 4) is 0 Å². The zero-order valence-electron chi connectivity index (χ0n) is 31.8. The van der Waals surface area contributed by atoms with Gasteiger partial charge in [0.2, 0.25) is 0 Å². The Hall–Kier alpha value is -2.08. The van der Waals surface area contributed by atoms with Gasteiger partial charge in [0.15, 0.2) is 12.4 Å². The summed E-state index contributed by atoms with van der Waals surface area (Å²) >= 11 is 0. The number of carbonyl (C=O) groups excluding carboxylic acids is 2. The van der Waals surface area contributed by atoms with E-state index in [1.54, 1.807) is 0 Å². The van der Waals surface area contributed by atoms with Crippen molar-refractivity contribution in [1.29, 1.82) is 0 Å². The normalized spacial score (nSPS) is 21.6. The maximum atomic E-state index is 12.7. The quantitative estimate of drug-likeness (QED) is 0.0311. The summed E-state index contributed by atoms with van der Waals surface area (Å²) < 4.78 is 22.1. The van der Waals surface area contributed by atoms with Crippen molar-refractivity contribution in [1.82, 2.24) is 0 Å². The standard InChI is InChI=1S/C41H72O10/c1-3-5-7-9-11-13-15-17-19-21-23-25-27-29-36(43)48-32-34(33-49-41-40(47)39(46)38(45)35(31-42)51-41)50-37(44)30-28-26-24-22-20-18-16-14-12-10-8-6-4-2/h6,8,10,12,14,16,34-35,38-42,45-47H,3-5,7,9,11,13,15,17-33H2,1-2H3/b8-6+,12-10+,16-14+/t34?,35-,38+,39?,40?,41-/m0/s1. The molecular formula is C41H72O10. The third kappa shape index (κ3) is 24.7. The second kappa shape index (κ2) is 32.6. The summed E-state index contributed by atoms with van der Waals surface area (Å²) in [6.07, 6.45) is 27.2. The molecule has 1 aliphatic rings. The van der Waals surface area contributed by atoms with Crippen LogP contribution in [-0.2, 0) is 28.5 Å². The molecule has 0 aromatic heterocycles. The van der Waals surface area contributed by atoms with Crippen molar-refractivity contribution in [3.63, 3.8) is 0 Å². The van der Waals surface area contributed by atoms with Gasteiger partial charge in [-0.1, -0.05) is 147 Å². The SMILES string of the molecule is CC/C=C/C=C/C=C/CCCCCCCC(=O)OC(COC(=O)CCCCCCCCCCCCCCC)CO[C@H]1O[C@@H](CO)[C@@H](O)C(O)C1O. The number of allylic oxidation sites excluding steroid dienone is 6. The average molecular weight is 725 g/mol. The Balaban J connectivity index is 2.39. The Morgan fingerprint density at radius 3 is 1.73 bits per heavy atom. The van der Waals surface area contributed by atoms with Gasteiger partial charge < -0.3 is 39.4 Å². The Labute approximate surface area is 308 Å². The fourth-order valence-electron chi connectivity index (χ4n) is 5.89. The molecule has 0 amide bonds. The van der Waals surface area contributed by atoms with Gasteiger partial charge in [-0.05, 0) is 32.1 Å². The number of hydrogen-bond acceptors (Lipinski definition) is 10. The molecule has 1 saturated heterocycles. The van der Waals surface area contributed by atoms with Gasteiger partial charge in [0.25, 0.3) is 0 Å². The van der Waals surface area contributed by atoms with Gasteiger partial charge in [-0.25, -0.2) is 0 Å². The number of hydrogen-bond donors (Lipinski definition) is 4. The van der Waals surface area contributed by atoms with Crippen LogP contribution in [0, 0.1) is 0 Å².